The molecule has 2 aliphatic rings. The monoisotopic (exact) mass is 944 g/mol. The number of rotatable bonds is 9. The van der Waals surface area contributed by atoms with Gasteiger partial charge in [-0.25, -0.2) is 0 Å². The number of anilines is 3. The summed E-state index contributed by atoms with van der Waals surface area (Å²) < 4.78 is 2.40. The highest BCUT2D eigenvalue weighted by molar-refractivity contribution is 6.16. The zero-order valence-electron chi connectivity index (χ0n) is 41.2. The number of aromatic nitrogens is 1. The van der Waals surface area contributed by atoms with Crippen LogP contribution in [0, 0.1) is 5.92 Å². The predicted molar refractivity (Wildman–Crippen MR) is 312 cm³/mol. The Hall–Kier alpha value is -9.24. The van der Waals surface area contributed by atoms with Gasteiger partial charge >= 0.3 is 0 Å². The molecule has 2 nitrogen and oxygen atoms in total. The number of para-hydroxylation sites is 3. The highest BCUT2D eigenvalue weighted by atomic mass is 15.1. The fraction of sp³-hybridized carbons (Fsp3) is 0.0556. The van der Waals surface area contributed by atoms with Crippen molar-refractivity contribution >= 4 is 55.2 Å². The van der Waals surface area contributed by atoms with E-state index in [4.69, 9.17) is 0 Å². The Morgan fingerprint density at radius 3 is 1.77 bits per heavy atom. The molecule has 350 valence electrons. The van der Waals surface area contributed by atoms with Crippen LogP contribution in [0.25, 0.3) is 77.2 Å². The van der Waals surface area contributed by atoms with E-state index in [0.29, 0.717) is 5.92 Å². The van der Waals surface area contributed by atoms with Crippen molar-refractivity contribution in [2.24, 2.45) is 5.92 Å². The fourth-order valence-corrected chi connectivity index (χ4v) is 12.6. The summed E-state index contributed by atoms with van der Waals surface area (Å²) in [5, 5.41) is 4.99. The van der Waals surface area contributed by atoms with Gasteiger partial charge in [0.15, 0.2) is 0 Å². The number of hydrogen-bond acceptors (Lipinski definition) is 1. The first-order valence-electron chi connectivity index (χ1n) is 26.0. The second-order valence-corrected chi connectivity index (χ2v) is 20.0. The smallest absolute Gasteiger partial charge is 0.0714 e. The van der Waals surface area contributed by atoms with Gasteiger partial charge in [-0.05, 0) is 139 Å². The maximum atomic E-state index is 2.51. The van der Waals surface area contributed by atoms with Gasteiger partial charge in [-0.2, -0.15) is 0 Å². The van der Waals surface area contributed by atoms with Crippen molar-refractivity contribution in [1.82, 2.24) is 4.57 Å². The Morgan fingerprint density at radius 2 is 1.01 bits per heavy atom. The quantitative estimate of drug-likeness (QED) is 0.140. The van der Waals surface area contributed by atoms with Gasteiger partial charge in [-0.3, -0.25) is 0 Å². The number of hydrogen-bond donors (Lipinski definition) is 0. The Bertz CT molecular complexity index is 4120. The van der Waals surface area contributed by atoms with Gasteiger partial charge in [0.2, 0.25) is 0 Å². The average molecular weight is 945 g/mol. The molecule has 1 aromatic heterocycles. The standard InChI is InChI=1S/C72H52N2/c1-49-21-17-24-52(47-49)59-34-18-22-51-23-19-36-63(70(51)59)62-32-12-15-38-67(62)73(56-43-41-50(42-44-56)58-35-20-40-69-71(58)64-33-13-16-39-68(64)74(69)55-29-9-4-10-30-55)57-45-46-61-60-31-11-14-37-65(60)72(66(61)48-57,53-25-5-2-6-26-53)54-27-7-3-8-28-54/h2-20,22-49H,21H2,1H3. The minimum atomic E-state index is -0.556. The third-order valence-corrected chi connectivity index (χ3v) is 15.8. The van der Waals surface area contributed by atoms with Crippen LogP contribution in [0.2, 0.25) is 0 Å². The van der Waals surface area contributed by atoms with E-state index in [1.165, 1.54) is 99.3 Å². The largest absolute Gasteiger partial charge is 0.310 e. The van der Waals surface area contributed by atoms with E-state index in [9.17, 15) is 0 Å². The molecule has 1 heterocycles. The normalized spacial score (nSPS) is 14.5. The molecule has 12 aromatic rings. The first-order valence-corrected chi connectivity index (χ1v) is 26.0. The van der Waals surface area contributed by atoms with E-state index in [0.717, 1.165) is 29.2 Å². The van der Waals surface area contributed by atoms with Gasteiger partial charge in [-0.1, -0.05) is 231 Å². The first kappa shape index (κ1) is 43.5. The number of allylic oxidation sites excluding steroid dienone is 4. The second-order valence-electron chi connectivity index (χ2n) is 20.0. The summed E-state index contributed by atoms with van der Waals surface area (Å²) in [6, 6.07) is 96.8. The van der Waals surface area contributed by atoms with Gasteiger partial charge < -0.3 is 9.47 Å². The maximum Gasteiger partial charge on any atom is 0.0714 e. The van der Waals surface area contributed by atoms with Crippen molar-refractivity contribution in [3.8, 4) is 39.1 Å². The van der Waals surface area contributed by atoms with Gasteiger partial charge in [0.1, 0.15) is 0 Å². The Morgan fingerprint density at radius 1 is 0.432 bits per heavy atom. The molecule has 0 saturated carbocycles. The lowest BCUT2D eigenvalue weighted by molar-refractivity contribution is 0.740. The molecule has 0 radical (unpaired) electrons. The van der Waals surface area contributed by atoms with Gasteiger partial charge in [0.25, 0.3) is 0 Å². The van der Waals surface area contributed by atoms with Gasteiger partial charge in [0, 0.05) is 33.4 Å². The topological polar surface area (TPSA) is 8.17 Å². The molecule has 0 bridgehead atoms. The molecule has 2 heteroatoms. The van der Waals surface area contributed by atoms with Crippen LogP contribution in [0.5, 0.6) is 0 Å². The number of nitrogens with zero attached hydrogens (tertiary/aromatic N) is 2. The van der Waals surface area contributed by atoms with Crippen LogP contribution in [-0.4, -0.2) is 4.57 Å². The summed E-state index contributed by atoms with van der Waals surface area (Å²) in [4.78, 5) is 2.51. The highest BCUT2D eigenvalue weighted by Gasteiger charge is 2.46. The maximum absolute atomic E-state index is 2.51. The molecule has 11 aromatic carbocycles. The van der Waals surface area contributed by atoms with Crippen LogP contribution in [-0.2, 0) is 5.41 Å². The summed E-state index contributed by atoms with van der Waals surface area (Å²) in [5.74, 6) is 0.475. The van der Waals surface area contributed by atoms with E-state index in [1.807, 2.05) is 0 Å². The van der Waals surface area contributed by atoms with Crippen molar-refractivity contribution in [1.29, 1.82) is 0 Å². The minimum absolute atomic E-state index is 0.475. The van der Waals surface area contributed by atoms with Crippen molar-refractivity contribution in [3.05, 3.63) is 307 Å². The van der Waals surface area contributed by atoms with Crippen LogP contribution in [0.4, 0.5) is 17.1 Å². The average Bonchev–Trinajstić information content (AvgIpc) is 3.97. The van der Waals surface area contributed by atoms with Crippen LogP contribution in [0.3, 0.4) is 0 Å². The van der Waals surface area contributed by atoms with E-state index in [2.05, 4.69) is 295 Å². The number of benzene rings is 11. The highest BCUT2D eigenvalue weighted by Crippen LogP contribution is 2.58. The zero-order valence-corrected chi connectivity index (χ0v) is 41.2. The summed E-state index contributed by atoms with van der Waals surface area (Å²) in [7, 11) is 0. The SMILES string of the molecule is CC1C=C(c2cccc3cccc(-c4ccccc4N(c4ccc(-c5cccc6c5c5ccccc5n6-c5ccccc5)cc4)c4ccc5c(c4)C(c4ccccc4)(c4ccccc4)c4ccccc4-5)c23)C=CC1. The zero-order chi connectivity index (χ0) is 49.2. The van der Waals surface area contributed by atoms with Gasteiger partial charge in [0.05, 0.1) is 22.1 Å². The lowest BCUT2D eigenvalue weighted by Crippen LogP contribution is -2.28. The summed E-state index contributed by atoms with van der Waals surface area (Å²) in [6.45, 7) is 2.32. The van der Waals surface area contributed by atoms with Crippen LogP contribution in [0.1, 0.15) is 41.2 Å². The Kier molecular flexibility index (Phi) is 10.5. The lowest BCUT2D eigenvalue weighted by Gasteiger charge is -2.35. The molecule has 0 fully saturated rings. The van der Waals surface area contributed by atoms with Gasteiger partial charge in [-0.15, -0.1) is 0 Å². The molecule has 2 aliphatic carbocycles. The summed E-state index contributed by atoms with van der Waals surface area (Å²) >= 11 is 0. The van der Waals surface area contributed by atoms with Crippen molar-refractivity contribution in [2.45, 2.75) is 18.8 Å². The molecule has 1 unspecified atom stereocenters. The van der Waals surface area contributed by atoms with Crippen molar-refractivity contribution in [3.63, 3.8) is 0 Å². The molecule has 0 saturated heterocycles. The molecule has 0 N–H and O–H groups in total. The Balaban J connectivity index is 1.01. The Labute approximate surface area is 433 Å². The molecular weight excluding hydrogens is 893 g/mol. The van der Waals surface area contributed by atoms with E-state index in [-0.39, 0.29) is 0 Å². The van der Waals surface area contributed by atoms with Crippen LogP contribution < -0.4 is 4.90 Å². The molecular formula is C72H52N2. The van der Waals surface area contributed by atoms with E-state index in [1.54, 1.807) is 0 Å². The fourth-order valence-electron chi connectivity index (χ4n) is 12.6. The second kappa shape index (κ2) is 17.8. The summed E-state index contributed by atoms with van der Waals surface area (Å²) in [5.41, 5.74) is 21.2. The van der Waals surface area contributed by atoms with E-state index >= 15 is 0 Å². The van der Waals surface area contributed by atoms with Crippen molar-refractivity contribution < 1.29 is 0 Å². The lowest BCUT2D eigenvalue weighted by atomic mass is 9.67. The molecule has 1 atom stereocenters. The first-order chi connectivity index (χ1) is 36.6. The molecule has 0 spiro atoms. The third kappa shape index (κ3) is 6.86. The molecule has 74 heavy (non-hydrogen) atoms. The van der Waals surface area contributed by atoms with E-state index < -0.39 is 5.41 Å². The summed E-state index contributed by atoms with van der Waals surface area (Å²) in [6.07, 6.45) is 8.16. The molecule has 0 aliphatic heterocycles. The third-order valence-electron chi connectivity index (χ3n) is 15.8. The van der Waals surface area contributed by atoms with Crippen molar-refractivity contribution in [2.75, 3.05) is 4.90 Å². The minimum Gasteiger partial charge on any atom is -0.310 e. The molecule has 0 amide bonds. The van der Waals surface area contributed by atoms with Crippen LogP contribution >= 0.6 is 0 Å². The molecule has 14 rings (SSSR count). The predicted octanol–water partition coefficient (Wildman–Crippen LogP) is 19.1. The number of fused-ring (bicyclic) bond motifs is 7. The van der Waals surface area contributed by atoms with Crippen LogP contribution in [0.15, 0.2) is 279 Å².